The maximum absolute atomic E-state index is 14.9. The second kappa shape index (κ2) is 9.83. The molecule has 37 heavy (non-hydrogen) atoms. The molecule has 0 aliphatic carbocycles. The second-order valence-corrected chi connectivity index (χ2v) is 8.92. The highest BCUT2D eigenvalue weighted by Crippen LogP contribution is 2.25. The predicted molar refractivity (Wildman–Crippen MR) is 145 cm³/mol. The lowest BCUT2D eigenvalue weighted by molar-refractivity contribution is 0.614. The van der Waals surface area contributed by atoms with Crippen molar-refractivity contribution in [3.63, 3.8) is 0 Å². The molecule has 0 saturated heterocycles. The van der Waals surface area contributed by atoms with Gasteiger partial charge in [-0.3, -0.25) is 14.8 Å². The molecule has 4 N–H and O–H groups in total. The number of nitrogens with zero attached hydrogens (tertiary/aromatic N) is 3. The van der Waals surface area contributed by atoms with Crippen molar-refractivity contribution in [3.05, 3.63) is 123 Å². The number of benzene rings is 3. The van der Waals surface area contributed by atoms with Crippen LogP contribution in [0.5, 0.6) is 0 Å². The van der Waals surface area contributed by atoms with Gasteiger partial charge in [-0.05, 0) is 48.2 Å². The molecule has 0 fully saturated rings. The van der Waals surface area contributed by atoms with E-state index in [2.05, 4.69) is 15.3 Å². The van der Waals surface area contributed by atoms with Gasteiger partial charge in [0.1, 0.15) is 23.8 Å². The van der Waals surface area contributed by atoms with Crippen LogP contribution in [0.25, 0.3) is 16.5 Å². The van der Waals surface area contributed by atoms with E-state index >= 15 is 0 Å². The number of hydrogen-bond acceptors (Lipinski definition) is 6. The van der Waals surface area contributed by atoms with E-state index in [0.29, 0.717) is 33.0 Å². The van der Waals surface area contributed by atoms with E-state index in [1.54, 1.807) is 42.5 Å². The van der Waals surface area contributed by atoms with E-state index in [4.69, 9.17) is 22.7 Å². The third-order valence-corrected chi connectivity index (χ3v) is 6.34. The first-order valence-corrected chi connectivity index (χ1v) is 11.8. The molecule has 3 aromatic carbocycles. The van der Waals surface area contributed by atoms with Crippen molar-refractivity contribution in [2.24, 2.45) is 0 Å². The van der Waals surface area contributed by atoms with Crippen LogP contribution in [0.1, 0.15) is 22.4 Å². The molecule has 9 heteroatoms. The fourth-order valence-electron chi connectivity index (χ4n) is 4.36. The molecule has 0 aliphatic heterocycles. The van der Waals surface area contributed by atoms with Crippen molar-refractivity contribution in [2.45, 2.75) is 13.5 Å². The Morgan fingerprint density at radius 1 is 1.08 bits per heavy atom. The van der Waals surface area contributed by atoms with Crippen LogP contribution in [0.4, 0.5) is 16.0 Å². The van der Waals surface area contributed by atoms with Gasteiger partial charge in [-0.25, -0.2) is 14.4 Å². The molecule has 0 radical (unpaired) electrons. The number of aryl methyl sites for hydroxylation is 1. The van der Waals surface area contributed by atoms with Crippen LogP contribution in [0, 0.1) is 18.2 Å². The zero-order valence-corrected chi connectivity index (χ0v) is 20.6. The average molecular weight is 513 g/mol. The summed E-state index contributed by atoms with van der Waals surface area (Å²) in [5.41, 5.74) is 8.19. The standard InChI is InChI=1S/C28H22ClFN6O/c1-16-6-4-7-17-13-20(36(28(37)23(16)17)22-11-3-2-10-21(22)30)14-33-27-24(26(32)34-15-35-27)25(31)18-8-5-9-19(29)12-18/h2-13,15,31H,14H2,1H3,(H3,32,33,34,35). The highest BCUT2D eigenvalue weighted by Gasteiger charge is 2.19. The minimum Gasteiger partial charge on any atom is -0.383 e. The number of pyridine rings is 1. The number of anilines is 2. The van der Waals surface area contributed by atoms with Gasteiger partial charge >= 0.3 is 0 Å². The normalized spacial score (nSPS) is 11.0. The summed E-state index contributed by atoms with van der Waals surface area (Å²) >= 11 is 6.12. The number of fused-ring (bicyclic) bond motifs is 1. The summed E-state index contributed by atoms with van der Waals surface area (Å²) in [5, 5.41) is 13.7. The fourth-order valence-corrected chi connectivity index (χ4v) is 4.55. The number of hydrogen-bond donors (Lipinski definition) is 3. The molecule has 0 atom stereocenters. The Hall–Kier alpha value is -4.56. The smallest absolute Gasteiger partial charge is 0.263 e. The summed E-state index contributed by atoms with van der Waals surface area (Å²) in [5.74, 6) is -0.106. The van der Waals surface area contributed by atoms with E-state index in [1.807, 2.05) is 31.2 Å². The van der Waals surface area contributed by atoms with E-state index in [9.17, 15) is 9.18 Å². The molecule has 0 aliphatic rings. The van der Waals surface area contributed by atoms with E-state index in [1.165, 1.54) is 17.0 Å². The fraction of sp³-hybridized carbons (Fsp3) is 0.0714. The number of nitrogen functional groups attached to an aromatic ring is 1. The Bertz CT molecular complexity index is 1730. The first kappa shape index (κ1) is 24.1. The lowest BCUT2D eigenvalue weighted by atomic mass is 10.0. The molecule has 0 saturated carbocycles. The topological polar surface area (TPSA) is 110 Å². The zero-order chi connectivity index (χ0) is 26.1. The van der Waals surface area contributed by atoms with Gasteiger partial charge in [-0.15, -0.1) is 0 Å². The van der Waals surface area contributed by atoms with Gasteiger partial charge in [0, 0.05) is 16.3 Å². The molecule has 5 rings (SSSR count). The highest BCUT2D eigenvalue weighted by molar-refractivity contribution is 6.31. The largest absolute Gasteiger partial charge is 0.383 e. The summed E-state index contributed by atoms with van der Waals surface area (Å²) < 4.78 is 16.3. The van der Waals surface area contributed by atoms with Crippen molar-refractivity contribution in [1.82, 2.24) is 14.5 Å². The summed E-state index contributed by atoms with van der Waals surface area (Å²) in [6.07, 6.45) is 1.29. The van der Waals surface area contributed by atoms with Gasteiger partial charge in [0.25, 0.3) is 5.56 Å². The van der Waals surface area contributed by atoms with Gasteiger partial charge < -0.3 is 11.1 Å². The molecular weight excluding hydrogens is 491 g/mol. The molecule has 2 heterocycles. The van der Waals surface area contributed by atoms with Crippen LogP contribution in [-0.4, -0.2) is 20.2 Å². The van der Waals surface area contributed by atoms with Crippen molar-refractivity contribution in [3.8, 4) is 5.69 Å². The van der Waals surface area contributed by atoms with Crippen LogP contribution in [0.3, 0.4) is 0 Å². The zero-order valence-electron chi connectivity index (χ0n) is 19.8. The molecule has 0 unspecified atom stereocenters. The number of halogens is 2. The van der Waals surface area contributed by atoms with Gasteiger partial charge in [-0.1, -0.05) is 54.1 Å². The maximum atomic E-state index is 14.9. The van der Waals surface area contributed by atoms with Crippen LogP contribution in [0.2, 0.25) is 5.02 Å². The van der Waals surface area contributed by atoms with Crippen molar-refractivity contribution >= 4 is 39.7 Å². The van der Waals surface area contributed by atoms with Crippen LogP contribution in [0.15, 0.2) is 83.9 Å². The van der Waals surface area contributed by atoms with Crippen LogP contribution < -0.4 is 16.6 Å². The molecule has 0 spiro atoms. The summed E-state index contributed by atoms with van der Waals surface area (Å²) in [6, 6.07) is 20.4. The first-order chi connectivity index (χ1) is 17.8. The quantitative estimate of drug-likeness (QED) is 0.260. The SMILES string of the molecule is Cc1cccc2cc(CNc3ncnc(N)c3C(=N)c3cccc(Cl)c3)n(-c3ccccc3F)c(=O)c12. The minimum atomic E-state index is -0.520. The second-order valence-electron chi connectivity index (χ2n) is 8.49. The first-order valence-electron chi connectivity index (χ1n) is 11.4. The Morgan fingerprint density at radius 3 is 2.65 bits per heavy atom. The Morgan fingerprint density at radius 2 is 1.86 bits per heavy atom. The third-order valence-electron chi connectivity index (χ3n) is 6.10. The number of nitrogens with one attached hydrogen (secondary N) is 2. The van der Waals surface area contributed by atoms with Crippen LogP contribution in [-0.2, 0) is 6.54 Å². The van der Waals surface area contributed by atoms with E-state index in [0.717, 1.165) is 10.9 Å². The Balaban J connectivity index is 1.62. The van der Waals surface area contributed by atoms with Gasteiger partial charge in [0.15, 0.2) is 0 Å². The summed E-state index contributed by atoms with van der Waals surface area (Å²) in [4.78, 5) is 22.0. The summed E-state index contributed by atoms with van der Waals surface area (Å²) in [6.45, 7) is 1.95. The third kappa shape index (κ3) is 4.54. The van der Waals surface area contributed by atoms with Gasteiger partial charge in [-0.2, -0.15) is 0 Å². The molecule has 7 nitrogen and oxygen atoms in total. The predicted octanol–water partition coefficient (Wildman–Crippen LogP) is 5.49. The van der Waals surface area contributed by atoms with Crippen LogP contribution >= 0.6 is 11.6 Å². The molecule has 0 bridgehead atoms. The monoisotopic (exact) mass is 512 g/mol. The summed E-state index contributed by atoms with van der Waals surface area (Å²) in [7, 11) is 0. The van der Waals surface area contributed by atoms with E-state index < -0.39 is 5.82 Å². The minimum absolute atomic E-state index is 0.0868. The van der Waals surface area contributed by atoms with E-state index in [-0.39, 0.29) is 29.3 Å². The maximum Gasteiger partial charge on any atom is 0.263 e. The van der Waals surface area contributed by atoms with Gasteiger partial charge in [0.2, 0.25) is 0 Å². The molecule has 5 aromatic rings. The van der Waals surface area contributed by atoms with Crippen molar-refractivity contribution < 1.29 is 4.39 Å². The highest BCUT2D eigenvalue weighted by atomic mass is 35.5. The lowest BCUT2D eigenvalue weighted by Crippen LogP contribution is -2.25. The molecule has 184 valence electrons. The number of nitrogens with two attached hydrogens (primary N) is 1. The average Bonchev–Trinajstić information content (AvgIpc) is 2.88. The van der Waals surface area contributed by atoms with Crippen molar-refractivity contribution in [1.29, 1.82) is 5.41 Å². The van der Waals surface area contributed by atoms with Crippen molar-refractivity contribution in [2.75, 3.05) is 11.1 Å². The molecular formula is C28H22ClFN6O. The lowest BCUT2D eigenvalue weighted by Gasteiger charge is -2.18. The van der Waals surface area contributed by atoms with Gasteiger partial charge in [0.05, 0.1) is 28.9 Å². The Labute approximate surface area is 216 Å². The number of rotatable bonds is 6. The molecule has 0 amide bonds. The number of aromatic nitrogens is 3. The Kier molecular flexibility index (Phi) is 6.42. The number of para-hydroxylation sites is 1. The molecule has 2 aromatic heterocycles.